The molecule has 5 rings (SSSR count). The first-order chi connectivity index (χ1) is 16.1. The molecule has 1 fully saturated rings. The summed E-state index contributed by atoms with van der Waals surface area (Å²) in [4.78, 5) is 13.5. The molecular formula is C23H24N6O3S. The predicted molar refractivity (Wildman–Crippen MR) is 127 cm³/mol. The van der Waals surface area contributed by atoms with Gasteiger partial charge in [-0.15, -0.1) is 16.4 Å². The number of nitrogens with zero attached hydrogens (tertiary/aromatic N) is 3. The van der Waals surface area contributed by atoms with E-state index in [1.807, 2.05) is 31.2 Å². The van der Waals surface area contributed by atoms with Crippen LogP contribution in [0.25, 0.3) is 10.1 Å². The van der Waals surface area contributed by atoms with Crippen molar-refractivity contribution < 1.29 is 14.3 Å². The molecule has 33 heavy (non-hydrogen) atoms. The lowest BCUT2D eigenvalue weighted by molar-refractivity contribution is 0.102. The molecule has 3 N–H and O–H groups in total. The smallest absolute Gasteiger partial charge is 0.272 e. The van der Waals surface area contributed by atoms with E-state index in [0.29, 0.717) is 22.3 Å². The number of ether oxygens (including phenoxy) is 2. The normalized spacial score (nSPS) is 14.4. The molecule has 0 bridgehead atoms. The van der Waals surface area contributed by atoms with Crippen molar-refractivity contribution in [2.45, 2.75) is 25.7 Å². The van der Waals surface area contributed by atoms with Crippen LogP contribution in [0, 0.1) is 6.92 Å². The van der Waals surface area contributed by atoms with Crippen LogP contribution >= 0.6 is 11.3 Å². The lowest BCUT2D eigenvalue weighted by Crippen LogP contribution is -2.26. The number of aromatic amines is 1. The second kappa shape index (κ2) is 9.16. The quantitative estimate of drug-likeness (QED) is 0.391. The first-order valence-corrected chi connectivity index (χ1v) is 11.6. The van der Waals surface area contributed by atoms with Gasteiger partial charge in [0.15, 0.2) is 5.75 Å². The van der Waals surface area contributed by atoms with Crippen molar-refractivity contribution in [1.29, 1.82) is 0 Å². The number of carbonyl (C=O) groups excluding carboxylic acids is 1. The van der Waals surface area contributed by atoms with E-state index in [0.717, 1.165) is 47.3 Å². The third-order valence-electron chi connectivity index (χ3n) is 5.85. The number of thiophene rings is 1. The van der Waals surface area contributed by atoms with E-state index in [1.54, 1.807) is 7.11 Å². The topological polar surface area (TPSA) is 114 Å². The maximum Gasteiger partial charge on any atom is 0.272 e. The Balaban J connectivity index is 1.50. The number of benzene rings is 2. The Labute approximate surface area is 194 Å². The number of nitrogens with one attached hydrogen (secondary N) is 3. The highest BCUT2D eigenvalue weighted by Crippen LogP contribution is 2.43. The summed E-state index contributed by atoms with van der Waals surface area (Å²) in [5.41, 5.74) is 2.29. The van der Waals surface area contributed by atoms with Gasteiger partial charge in [-0.2, -0.15) is 5.21 Å². The summed E-state index contributed by atoms with van der Waals surface area (Å²) in [6, 6.07) is 12.1. The van der Waals surface area contributed by atoms with Crippen LogP contribution in [0.5, 0.6) is 17.2 Å². The molecule has 170 valence electrons. The zero-order chi connectivity index (χ0) is 22.8. The third-order valence-corrected chi connectivity index (χ3v) is 6.98. The van der Waals surface area contributed by atoms with Crippen LogP contribution in [0.4, 0.5) is 5.95 Å². The highest BCUT2D eigenvalue weighted by molar-refractivity contribution is 7.21. The van der Waals surface area contributed by atoms with Crippen molar-refractivity contribution in [2.75, 3.05) is 25.5 Å². The molecule has 2 aromatic carbocycles. The number of piperidine rings is 1. The van der Waals surface area contributed by atoms with Gasteiger partial charge in [-0.3, -0.25) is 10.1 Å². The summed E-state index contributed by atoms with van der Waals surface area (Å²) in [6.45, 7) is 4.06. The number of hydrogen-bond donors (Lipinski definition) is 3. The number of anilines is 1. The monoisotopic (exact) mass is 464 g/mol. The van der Waals surface area contributed by atoms with Crippen LogP contribution in [0.2, 0.25) is 0 Å². The number of fused-ring (bicyclic) bond motifs is 1. The SMILES string of the molecule is COc1cc2c(Oc3ccc(C4CCNCC4)cc3)c(C(=O)Nc3nn[nH]n3)sc2cc1C. The first-order valence-electron chi connectivity index (χ1n) is 10.8. The van der Waals surface area contributed by atoms with Gasteiger partial charge in [0.1, 0.15) is 16.4 Å². The van der Waals surface area contributed by atoms with Crippen molar-refractivity contribution in [3.8, 4) is 17.2 Å². The van der Waals surface area contributed by atoms with Crippen LogP contribution in [-0.2, 0) is 0 Å². The van der Waals surface area contributed by atoms with Gasteiger partial charge in [-0.05, 0) is 79.4 Å². The molecule has 0 unspecified atom stereocenters. The van der Waals surface area contributed by atoms with E-state index < -0.39 is 0 Å². The number of aryl methyl sites for hydroxylation is 1. The molecule has 0 aliphatic carbocycles. The lowest BCUT2D eigenvalue weighted by atomic mass is 9.90. The van der Waals surface area contributed by atoms with Gasteiger partial charge in [-0.25, -0.2) is 0 Å². The third kappa shape index (κ3) is 4.39. The van der Waals surface area contributed by atoms with E-state index in [-0.39, 0.29) is 11.9 Å². The van der Waals surface area contributed by atoms with Gasteiger partial charge in [-0.1, -0.05) is 17.2 Å². The fourth-order valence-electron chi connectivity index (χ4n) is 4.13. The summed E-state index contributed by atoms with van der Waals surface area (Å²) in [5, 5.41) is 20.3. The molecule has 2 aromatic heterocycles. The highest BCUT2D eigenvalue weighted by atomic mass is 32.1. The molecule has 1 saturated heterocycles. The maximum absolute atomic E-state index is 13.1. The molecule has 1 aliphatic heterocycles. The lowest BCUT2D eigenvalue weighted by Gasteiger charge is -2.23. The Morgan fingerprint density at radius 2 is 1.97 bits per heavy atom. The Bertz CT molecular complexity index is 1260. The molecule has 1 aliphatic rings. The molecule has 0 atom stereocenters. The first kappa shape index (κ1) is 21.4. The van der Waals surface area contributed by atoms with Crippen LogP contribution in [0.15, 0.2) is 36.4 Å². The van der Waals surface area contributed by atoms with Crippen molar-refractivity contribution in [3.05, 3.63) is 52.4 Å². The second-order valence-corrected chi connectivity index (χ2v) is 9.02. The summed E-state index contributed by atoms with van der Waals surface area (Å²) >= 11 is 1.35. The van der Waals surface area contributed by atoms with Gasteiger partial charge in [0.25, 0.3) is 11.9 Å². The Morgan fingerprint density at radius 1 is 1.18 bits per heavy atom. The van der Waals surface area contributed by atoms with Crippen molar-refractivity contribution in [1.82, 2.24) is 25.9 Å². The fourth-order valence-corrected chi connectivity index (χ4v) is 5.23. The van der Waals surface area contributed by atoms with Crippen LogP contribution < -0.4 is 20.1 Å². The van der Waals surface area contributed by atoms with Crippen molar-refractivity contribution in [3.63, 3.8) is 0 Å². The molecule has 1 amide bonds. The largest absolute Gasteiger partial charge is 0.496 e. The van der Waals surface area contributed by atoms with E-state index in [2.05, 4.69) is 43.4 Å². The van der Waals surface area contributed by atoms with Gasteiger partial charge in [0.2, 0.25) is 0 Å². The summed E-state index contributed by atoms with van der Waals surface area (Å²) in [6.07, 6.45) is 2.27. The van der Waals surface area contributed by atoms with Crippen molar-refractivity contribution >= 4 is 33.3 Å². The number of amides is 1. The maximum atomic E-state index is 13.1. The van der Waals surface area contributed by atoms with Crippen LogP contribution in [0.3, 0.4) is 0 Å². The van der Waals surface area contributed by atoms with E-state index in [1.165, 1.54) is 16.9 Å². The number of methoxy groups -OCH3 is 1. The van der Waals surface area contributed by atoms with Crippen LogP contribution in [0.1, 0.15) is 39.6 Å². The Morgan fingerprint density at radius 3 is 2.67 bits per heavy atom. The zero-order valence-electron chi connectivity index (χ0n) is 18.3. The predicted octanol–water partition coefficient (Wildman–Crippen LogP) is 4.24. The average molecular weight is 465 g/mol. The van der Waals surface area contributed by atoms with Gasteiger partial charge in [0, 0.05) is 10.1 Å². The highest BCUT2D eigenvalue weighted by Gasteiger charge is 2.23. The number of hydrogen-bond acceptors (Lipinski definition) is 8. The molecule has 3 heterocycles. The molecule has 0 radical (unpaired) electrons. The summed E-state index contributed by atoms with van der Waals surface area (Å²) in [7, 11) is 1.63. The van der Waals surface area contributed by atoms with Crippen LogP contribution in [-0.4, -0.2) is 46.7 Å². The summed E-state index contributed by atoms with van der Waals surface area (Å²) in [5.74, 6) is 2.17. The van der Waals surface area contributed by atoms with Crippen molar-refractivity contribution in [2.24, 2.45) is 0 Å². The van der Waals surface area contributed by atoms with E-state index >= 15 is 0 Å². The second-order valence-electron chi connectivity index (χ2n) is 7.96. The zero-order valence-corrected chi connectivity index (χ0v) is 19.2. The molecular weight excluding hydrogens is 440 g/mol. The van der Waals surface area contributed by atoms with Gasteiger partial charge >= 0.3 is 0 Å². The minimum absolute atomic E-state index is 0.100. The Hall–Kier alpha value is -3.50. The minimum Gasteiger partial charge on any atom is -0.496 e. The molecule has 0 saturated carbocycles. The standard InChI is InChI=1S/C23H24N6O3S/c1-13-11-19-17(12-18(13)31-2)20(21(33-19)22(30)25-23-26-28-29-27-23)32-16-5-3-14(4-6-16)15-7-9-24-10-8-15/h3-6,11-12,15,24H,7-10H2,1-2H3,(H2,25,26,27,28,29,30). The van der Waals surface area contributed by atoms with E-state index in [9.17, 15) is 4.79 Å². The molecule has 0 spiro atoms. The number of H-pyrrole nitrogens is 1. The number of aromatic nitrogens is 4. The minimum atomic E-state index is -0.365. The Kier molecular flexibility index (Phi) is 5.93. The van der Waals surface area contributed by atoms with E-state index in [4.69, 9.17) is 9.47 Å². The number of rotatable bonds is 6. The van der Waals surface area contributed by atoms with Gasteiger partial charge < -0.3 is 14.8 Å². The number of carbonyl (C=O) groups is 1. The molecule has 10 heteroatoms. The summed E-state index contributed by atoms with van der Waals surface area (Å²) < 4.78 is 12.7. The number of tetrazole rings is 1. The molecule has 9 nitrogen and oxygen atoms in total. The fraction of sp³-hybridized carbons (Fsp3) is 0.304. The average Bonchev–Trinajstić information content (AvgIpc) is 3.47. The van der Waals surface area contributed by atoms with Gasteiger partial charge in [0.05, 0.1) is 7.11 Å². The molecule has 4 aromatic rings.